The molecular weight excluding hydrogens is 353 g/mol. The van der Waals surface area contributed by atoms with Crippen LogP contribution in [0.3, 0.4) is 0 Å². The molecule has 0 bridgehead atoms. The van der Waals surface area contributed by atoms with Crippen molar-refractivity contribution >= 4 is 11.6 Å². The van der Waals surface area contributed by atoms with Crippen molar-refractivity contribution in [3.05, 3.63) is 59.9 Å². The maximum Gasteiger partial charge on any atom is 0.264 e. The van der Waals surface area contributed by atoms with E-state index in [0.29, 0.717) is 18.0 Å². The van der Waals surface area contributed by atoms with Crippen LogP contribution in [0.5, 0.6) is 5.75 Å². The van der Waals surface area contributed by atoms with Crippen molar-refractivity contribution in [1.29, 1.82) is 0 Å². The summed E-state index contributed by atoms with van der Waals surface area (Å²) in [5.41, 5.74) is 1.43. The van der Waals surface area contributed by atoms with Crippen LogP contribution in [-0.4, -0.2) is 49.2 Å². The van der Waals surface area contributed by atoms with Crippen LogP contribution in [0.4, 0.5) is 10.1 Å². The van der Waals surface area contributed by atoms with Crippen molar-refractivity contribution < 1.29 is 23.9 Å². The Kier molecular flexibility index (Phi) is 5.90. The highest BCUT2D eigenvalue weighted by Crippen LogP contribution is 2.30. The number of carbonyl (C=O) groups is 1. The SMILES string of the molecule is COc1ccc([C@H]2CN(OC)C(=O)[C@@H]2NC(O)Nc2ccc(F)cc2)cc1. The number of nitrogens with zero attached hydrogens (tertiary/aromatic N) is 1. The molecule has 0 aromatic heterocycles. The lowest BCUT2D eigenvalue weighted by Crippen LogP contribution is -2.48. The Morgan fingerprint density at radius 1 is 1.15 bits per heavy atom. The number of anilines is 1. The van der Waals surface area contributed by atoms with E-state index in [2.05, 4.69) is 10.6 Å². The van der Waals surface area contributed by atoms with Crippen LogP contribution in [0.25, 0.3) is 0 Å². The van der Waals surface area contributed by atoms with Crippen LogP contribution in [-0.2, 0) is 9.63 Å². The second kappa shape index (κ2) is 8.34. The van der Waals surface area contributed by atoms with Gasteiger partial charge in [0.1, 0.15) is 17.6 Å². The first-order chi connectivity index (χ1) is 13.0. The predicted molar refractivity (Wildman–Crippen MR) is 97.4 cm³/mol. The van der Waals surface area contributed by atoms with Crippen LogP contribution in [0.1, 0.15) is 11.5 Å². The van der Waals surface area contributed by atoms with E-state index in [1.54, 1.807) is 7.11 Å². The van der Waals surface area contributed by atoms with Crippen LogP contribution in [0.15, 0.2) is 48.5 Å². The molecule has 1 fully saturated rings. The number of aliphatic hydroxyl groups is 1. The maximum atomic E-state index is 13.0. The van der Waals surface area contributed by atoms with Crippen molar-refractivity contribution in [2.24, 2.45) is 0 Å². The molecule has 3 rings (SSSR count). The fourth-order valence-electron chi connectivity index (χ4n) is 3.12. The quantitative estimate of drug-likeness (QED) is 0.639. The number of aliphatic hydroxyl groups excluding tert-OH is 1. The molecule has 1 saturated heterocycles. The van der Waals surface area contributed by atoms with E-state index in [9.17, 15) is 14.3 Å². The van der Waals surface area contributed by atoms with Crippen molar-refractivity contribution in [2.75, 3.05) is 26.1 Å². The summed E-state index contributed by atoms with van der Waals surface area (Å²) >= 11 is 0. The third-order valence-corrected chi connectivity index (χ3v) is 4.53. The van der Waals surface area contributed by atoms with Crippen LogP contribution >= 0.6 is 0 Å². The summed E-state index contributed by atoms with van der Waals surface area (Å²) in [5, 5.41) is 17.2. The van der Waals surface area contributed by atoms with E-state index in [0.717, 1.165) is 5.56 Å². The average molecular weight is 375 g/mol. The van der Waals surface area contributed by atoms with Crippen molar-refractivity contribution in [2.45, 2.75) is 18.3 Å². The highest BCUT2D eigenvalue weighted by atomic mass is 19.1. The lowest BCUT2D eigenvalue weighted by Gasteiger charge is -2.23. The van der Waals surface area contributed by atoms with Gasteiger partial charge < -0.3 is 15.2 Å². The fourth-order valence-corrected chi connectivity index (χ4v) is 3.12. The second-order valence-electron chi connectivity index (χ2n) is 6.16. The van der Waals surface area contributed by atoms with E-state index in [1.165, 1.54) is 36.4 Å². The molecule has 8 heteroatoms. The molecule has 0 radical (unpaired) electrons. The highest BCUT2D eigenvalue weighted by molar-refractivity contribution is 5.85. The van der Waals surface area contributed by atoms with Crippen LogP contribution in [0, 0.1) is 5.82 Å². The summed E-state index contributed by atoms with van der Waals surface area (Å²) in [4.78, 5) is 17.7. The first-order valence-corrected chi connectivity index (χ1v) is 8.47. The molecule has 27 heavy (non-hydrogen) atoms. The number of hydrogen-bond donors (Lipinski definition) is 3. The lowest BCUT2D eigenvalue weighted by molar-refractivity contribution is -0.168. The first kappa shape index (κ1) is 19.1. The number of carbonyl (C=O) groups excluding carboxylic acids is 1. The van der Waals surface area contributed by atoms with Gasteiger partial charge in [-0.3, -0.25) is 14.9 Å². The normalized spacial score (nSPS) is 20.6. The summed E-state index contributed by atoms with van der Waals surface area (Å²) < 4.78 is 18.2. The standard InChI is InChI=1S/C19H22FN3O4/c1-26-15-9-3-12(4-10-15)16-11-23(27-2)18(24)17(16)22-19(25)21-14-7-5-13(20)6-8-14/h3-10,16-17,19,21-22,25H,11H2,1-2H3/t16-,17-,19?/m1/s1. The van der Waals surface area contributed by atoms with Gasteiger partial charge in [0, 0.05) is 11.6 Å². The summed E-state index contributed by atoms with van der Waals surface area (Å²) in [6.45, 7) is 0.350. The van der Waals surface area contributed by atoms with E-state index in [4.69, 9.17) is 9.57 Å². The molecule has 1 aliphatic rings. The average Bonchev–Trinajstić information content (AvgIpc) is 2.99. The van der Waals surface area contributed by atoms with Gasteiger partial charge in [0.05, 0.1) is 20.8 Å². The summed E-state index contributed by atoms with van der Waals surface area (Å²) in [6, 6.07) is 12.3. The molecule has 0 aliphatic carbocycles. The minimum Gasteiger partial charge on any atom is -0.497 e. The number of halogens is 1. The van der Waals surface area contributed by atoms with Crippen molar-refractivity contribution in [3.63, 3.8) is 0 Å². The number of benzene rings is 2. The number of methoxy groups -OCH3 is 1. The van der Waals surface area contributed by atoms with Gasteiger partial charge in [-0.25, -0.2) is 9.45 Å². The zero-order valence-electron chi connectivity index (χ0n) is 15.1. The molecule has 2 aromatic carbocycles. The minimum absolute atomic E-state index is 0.229. The number of rotatable bonds is 7. The van der Waals surface area contributed by atoms with Crippen LogP contribution in [0.2, 0.25) is 0 Å². The van der Waals surface area contributed by atoms with Crippen molar-refractivity contribution in [1.82, 2.24) is 10.4 Å². The molecule has 3 N–H and O–H groups in total. The predicted octanol–water partition coefficient (Wildman–Crippen LogP) is 1.67. The molecule has 0 saturated carbocycles. The zero-order valence-corrected chi connectivity index (χ0v) is 15.1. The number of nitrogens with one attached hydrogen (secondary N) is 2. The Morgan fingerprint density at radius 3 is 2.41 bits per heavy atom. The zero-order chi connectivity index (χ0) is 19.4. The monoisotopic (exact) mass is 375 g/mol. The van der Waals surface area contributed by atoms with Gasteiger partial charge in [-0.15, -0.1) is 0 Å². The van der Waals surface area contributed by atoms with E-state index in [1.807, 2.05) is 24.3 Å². The second-order valence-corrected chi connectivity index (χ2v) is 6.16. The van der Waals surface area contributed by atoms with Crippen LogP contribution < -0.4 is 15.4 Å². The van der Waals surface area contributed by atoms with Gasteiger partial charge in [-0.1, -0.05) is 12.1 Å². The third-order valence-electron chi connectivity index (χ3n) is 4.53. The summed E-state index contributed by atoms with van der Waals surface area (Å²) in [7, 11) is 3.02. The Balaban J connectivity index is 1.74. The van der Waals surface area contributed by atoms with E-state index >= 15 is 0 Å². The maximum absolute atomic E-state index is 13.0. The van der Waals surface area contributed by atoms with Gasteiger partial charge in [-0.2, -0.15) is 0 Å². The Hall–Kier alpha value is -2.68. The minimum atomic E-state index is -1.21. The summed E-state index contributed by atoms with van der Waals surface area (Å²) in [6.07, 6.45) is -1.21. The number of hydrogen-bond acceptors (Lipinski definition) is 6. The molecule has 1 amide bonds. The molecule has 7 nitrogen and oxygen atoms in total. The van der Waals surface area contributed by atoms with E-state index < -0.39 is 12.4 Å². The molecule has 144 valence electrons. The number of ether oxygens (including phenoxy) is 1. The Bertz CT molecular complexity index is 770. The highest BCUT2D eigenvalue weighted by Gasteiger charge is 2.42. The molecule has 1 aliphatic heterocycles. The lowest BCUT2D eigenvalue weighted by atomic mass is 9.94. The fraction of sp³-hybridized carbons (Fsp3) is 0.316. The van der Waals surface area contributed by atoms with Crippen molar-refractivity contribution in [3.8, 4) is 5.75 Å². The number of hydroxylamine groups is 2. The molecular formula is C19H22FN3O4. The molecule has 3 atom stereocenters. The van der Waals surface area contributed by atoms with Gasteiger partial charge in [0.25, 0.3) is 5.91 Å². The molecule has 0 spiro atoms. The first-order valence-electron chi connectivity index (χ1n) is 8.47. The largest absolute Gasteiger partial charge is 0.497 e. The van der Waals surface area contributed by atoms with Gasteiger partial charge in [0.15, 0.2) is 6.35 Å². The molecule has 1 unspecified atom stereocenters. The summed E-state index contributed by atoms with van der Waals surface area (Å²) in [5.74, 6) is -0.162. The Labute approximate surface area is 156 Å². The van der Waals surface area contributed by atoms with Gasteiger partial charge in [-0.05, 0) is 42.0 Å². The van der Waals surface area contributed by atoms with Gasteiger partial charge >= 0.3 is 0 Å². The topological polar surface area (TPSA) is 83.1 Å². The Morgan fingerprint density at radius 2 is 1.81 bits per heavy atom. The van der Waals surface area contributed by atoms with E-state index in [-0.39, 0.29) is 17.6 Å². The number of amides is 1. The third kappa shape index (κ3) is 4.36. The van der Waals surface area contributed by atoms with Gasteiger partial charge in [0.2, 0.25) is 0 Å². The molecule has 2 aromatic rings. The smallest absolute Gasteiger partial charge is 0.264 e. The molecule has 1 heterocycles.